The molecule has 0 fully saturated rings. The number of nitrogens with two attached hydrogens (primary N) is 1. The molecule has 0 bridgehead atoms. The first-order valence-corrected chi connectivity index (χ1v) is 6.66. The predicted octanol–water partition coefficient (Wildman–Crippen LogP) is 1.45. The highest BCUT2D eigenvalue weighted by Crippen LogP contribution is 2.17. The van der Waals surface area contributed by atoms with E-state index < -0.39 is 6.04 Å². The zero-order valence-corrected chi connectivity index (χ0v) is 11.8. The molecule has 6 heteroatoms. The van der Waals surface area contributed by atoms with E-state index in [1.54, 1.807) is 12.4 Å². The first-order chi connectivity index (χ1) is 10.2. The lowest BCUT2D eigenvalue weighted by Crippen LogP contribution is -2.33. The molecule has 21 heavy (non-hydrogen) atoms. The molecule has 110 valence electrons. The fraction of sp³-hybridized carbons (Fsp3) is 0.267. The summed E-state index contributed by atoms with van der Waals surface area (Å²) in [6.07, 6.45) is 3.87. The number of hydrogen-bond donors (Lipinski definition) is 2. The van der Waals surface area contributed by atoms with Crippen molar-refractivity contribution in [2.24, 2.45) is 5.73 Å². The van der Waals surface area contributed by atoms with Crippen LogP contribution in [0.3, 0.4) is 0 Å². The SMILES string of the molecule is COC(=O)[C@H](CCN)Nc1ncc(-c2ccccc2)cn1. The third-order valence-electron chi connectivity index (χ3n) is 3.00. The van der Waals surface area contributed by atoms with Crippen LogP contribution in [0.1, 0.15) is 6.42 Å². The Morgan fingerprint density at radius 3 is 2.48 bits per heavy atom. The number of anilines is 1. The first-order valence-electron chi connectivity index (χ1n) is 6.66. The van der Waals surface area contributed by atoms with E-state index in [9.17, 15) is 4.79 Å². The molecule has 1 heterocycles. The van der Waals surface area contributed by atoms with E-state index in [1.807, 2.05) is 30.3 Å². The van der Waals surface area contributed by atoms with Crippen molar-refractivity contribution in [3.05, 3.63) is 42.7 Å². The Labute approximate surface area is 123 Å². The zero-order chi connectivity index (χ0) is 15.1. The van der Waals surface area contributed by atoms with Gasteiger partial charge in [0.15, 0.2) is 0 Å². The van der Waals surface area contributed by atoms with Crippen LogP contribution in [0.5, 0.6) is 0 Å². The molecule has 0 aliphatic carbocycles. The van der Waals surface area contributed by atoms with Crippen LogP contribution >= 0.6 is 0 Å². The monoisotopic (exact) mass is 286 g/mol. The number of methoxy groups -OCH3 is 1. The van der Waals surface area contributed by atoms with E-state index >= 15 is 0 Å². The first kappa shape index (κ1) is 14.9. The molecule has 0 saturated carbocycles. The minimum atomic E-state index is -0.539. The smallest absolute Gasteiger partial charge is 0.328 e. The van der Waals surface area contributed by atoms with Crippen molar-refractivity contribution >= 4 is 11.9 Å². The molecular weight excluding hydrogens is 268 g/mol. The molecule has 2 rings (SSSR count). The van der Waals surface area contributed by atoms with Gasteiger partial charge >= 0.3 is 5.97 Å². The summed E-state index contributed by atoms with van der Waals surface area (Å²) < 4.78 is 4.72. The van der Waals surface area contributed by atoms with Crippen LogP contribution in [0.2, 0.25) is 0 Å². The van der Waals surface area contributed by atoms with Crippen molar-refractivity contribution in [1.29, 1.82) is 0 Å². The number of hydrogen-bond acceptors (Lipinski definition) is 6. The molecule has 1 aromatic heterocycles. The number of carbonyl (C=O) groups excluding carboxylic acids is 1. The van der Waals surface area contributed by atoms with Gasteiger partial charge in [0.05, 0.1) is 7.11 Å². The molecule has 0 spiro atoms. The highest BCUT2D eigenvalue weighted by molar-refractivity contribution is 5.78. The number of nitrogens with zero attached hydrogens (tertiary/aromatic N) is 2. The molecule has 0 radical (unpaired) electrons. The lowest BCUT2D eigenvalue weighted by molar-refractivity contribution is -0.141. The van der Waals surface area contributed by atoms with E-state index in [-0.39, 0.29) is 5.97 Å². The Hall–Kier alpha value is -2.47. The van der Waals surface area contributed by atoms with Gasteiger partial charge in [-0.25, -0.2) is 14.8 Å². The average Bonchev–Trinajstić information content (AvgIpc) is 2.55. The normalized spacial score (nSPS) is 11.7. The fourth-order valence-corrected chi connectivity index (χ4v) is 1.90. The summed E-state index contributed by atoms with van der Waals surface area (Å²) in [5.41, 5.74) is 7.44. The van der Waals surface area contributed by atoms with Gasteiger partial charge in [0.1, 0.15) is 6.04 Å². The molecule has 0 aliphatic rings. The number of aromatic nitrogens is 2. The molecule has 0 aliphatic heterocycles. The van der Waals surface area contributed by atoms with Gasteiger partial charge in [0, 0.05) is 18.0 Å². The van der Waals surface area contributed by atoms with Gasteiger partial charge in [-0.05, 0) is 18.5 Å². The molecule has 0 saturated heterocycles. The maximum Gasteiger partial charge on any atom is 0.328 e. The number of carbonyl (C=O) groups is 1. The maximum absolute atomic E-state index is 11.6. The Morgan fingerprint density at radius 1 is 1.24 bits per heavy atom. The highest BCUT2D eigenvalue weighted by atomic mass is 16.5. The predicted molar refractivity (Wildman–Crippen MR) is 80.6 cm³/mol. The van der Waals surface area contributed by atoms with Gasteiger partial charge in [-0.3, -0.25) is 0 Å². The number of rotatable bonds is 6. The van der Waals surface area contributed by atoms with Crippen molar-refractivity contribution in [3.8, 4) is 11.1 Å². The van der Waals surface area contributed by atoms with Gasteiger partial charge < -0.3 is 15.8 Å². The largest absolute Gasteiger partial charge is 0.467 e. The average molecular weight is 286 g/mol. The van der Waals surface area contributed by atoms with E-state index in [4.69, 9.17) is 10.5 Å². The summed E-state index contributed by atoms with van der Waals surface area (Å²) in [4.78, 5) is 20.0. The molecule has 6 nitrogen and oxygen atoms in total. The quantitative estimate of drug-likeness (QED) is 0.781. The Kier molecular flexibility index (Phi) is 5.22. The maximum atomic E-state index is 11.6. The van der Waals surface area contributed by atoms with E-state index in [0.29, 0.717) is 18.9 Å². The molecule has 3 N–H and O–H groups in total. The zero-order valence-electron chi connectivity index (χ0n) is 11.8. The standard InChI is InChI=1S/C15H18N4O2/c1-21-14(20)13(7-8-16)19-15-17-9-12(10-18-15)11-5-3-2-4-6-11/h2-6,9-10,13H,7-8,16H2,1H3,(H,17,18,19)/t13-/m0/s1. The van der Waals surface area contributed by atoms with Gasteiger partial charge in [0.25, 0.3) is 0 Å². The molecule has 0 amide bonds. The second kappa shape index (κ2) is 7.35. The minimum Gasteiger partial charge on any atom is -0.467 e. The van der Waals surface area contributed by atoms with Gasteiger partial charge in [-0.2, -0.15) is 0 Å². The molecule has 1 atom stereocenters. The van der Waals surface area contributed by atoms with Crippen molar-refractivity contribution in [1.82, 2.24) is 9.97 Å². The number of esters is 1. The lowest BCUT2D eigenvalue weighted by atomic mass is 10.1. The summed E-state index contributed by atoms with van der Waals surface area (Å²) in [5.74, 6) is -0.00489. The Morgan fingerprint density at radius 2 is 1.90 bits per heavy atom. The van der Waals surface area contributed by atoms with Gasteiger partial charge in [-0.15, -0.1) is 0 Å². The number of benzene rings is 1. The summed E-state index contributed by atoms with van der Waals surface area (Å²) in [6, 6.07) is 9.29. The molecule has 0 unspecified atom stereocenters. The van der Waals surface area contributed by atoms with Gasteiger partial charge in [0.2, 0.25) is 5.95 Å². The summed E-state index contributed by atoms with van der Waals surface area (Å²) in [6.45, 7) is 0.370. The Balaban J connectivity index is 2.09. The van der Waals surface area contributed by atoms with Gasteiger partial charge in [-0.1, -0.05) is 30.3 Å². The van der Waals surface area contributed by atoms with Crippen LogP contribution in [0.15, 0.2) is 42.7 Å². The van der Waals surface area contributed by atoms with Crippen molar-refractivity contribution in [2.75, 3.05) is 19.0 Å². The highest BCUT2D eigenvalue weighted by Gasteiger charge is 2.18. The second-order valence-electron chi connectivity index (χ2n) is 4.46. The summed E-state index contributed by atoms with van der Waals surface area (Å²) >= 11 is 0. The number of ether oxygens (including phenoxy) is 1. The lowest BCUT2D eigenvalue weighted by Gasteiger charge is -2.15. The second-order valence-corrected chi connectivity index (χ2v) is 4.46. The van der Waals surface area contributed by atoms with Crippen LogP contribution in [0.4, 0.5) is 5.95 Å². The van der Waals surface area contributed by atoms with Crippen molar-refractivity contribution < 1.29 is 9.53 Å². The van der Waals surface area contributed by atoms with E-state index in [1.165, 1.54) is 7.11 Å². The van der Waals surface area contributed by atoms with Crippen LogP contribution < -0.4 is 11.1 Å². The van der Waals surface area contributed by atoms with E-state index in [2.05, 4.69) is 15.3 Å². The van der Waals surface area contributed by atoms with Crippen molar-refractivity contribution in [3.63, 3.8) is 0 Å². The van der Waals surface area contributed by atoms with Crippen LogP contribution in [-0.2, 0) is 9.53 Å². The summed E-state index contributed by atoms with van der Waals surface area (Å²) in [7, 11) is 1.34. The Bertz CT molecular complexity index is 572. The van der Waals surface area contributed by atoms with Crippen LogP contribution in [0.25, 0.3) is 11.1 Å². The topological polar surface area (TPSA) is 90.1 Å². The van der Waals surface area contributed by atoms with E-state index in [0.717, 1.165) is 11.1 Å². The van der Waals surface area contributed by atoms with Crippen LogP contribution in [0, 0.1) is 0 Å². The van der Waals surface area contributed by atoms with Crippen molar-refractivity contribution in [2.45, 2.75) is 12.5 Å². The third-order valence-corrected chi connectivity index (χ3v) is 3.00. The number of nitrogens with one attached hydrogen (secondary N) is 1. The molecule has 1 aromatic carbocycles. The van der Waals surface area contributed by atoms with Crippen LogP contribution in [-0.4, -0.2) is 35.6 Å². The molecular formula is C15H18N4O2. The fourth-order valence-electron chi connectivity index (χ4n) is 1.90. The minimum absolute atomic E-state index is 0.370. The third kappa shape index (κ3) is 4.00. The molecule has 2 aromatic rings. The summed E-state index contributed by atoms with van der Waals surface area (Å²) in [5, 5.41) is 2.93.